The third-order valence-electron chi connectivity index (χ3n) is 4.68. The van der Waals surface area contributed by atoms with E-state index in [4.69, 9.17) is 0 Å². The Bertz CT molecular complexity index is 274. The van der Waals surface area contributed by atoms with Crippen LogP contribution in [0.25, 0.3) is 0 Å². The van der Waals surface area contributed by atoms with E-state index in [2.05, 4.69) is 30.7 Å². The third kappa shape index (κ3) is 2.82. The lowest BCUT2D eigenvalue weighted by Gasteiger charge is -2.41. The van der Waals surface area contributed by atoms with Crippen molar-refractivity contribution in [2.75, 3.05) is 33.2 Å². The van der Waals surface area contributed by atoms with Gasteiger partial charge < -0.3 is 9.80 Å². The Morgan fingerprint density at radius 3 is 2.18 bits per heavy atom. The van der Waals surface area contributed by atoms with Gasteiger partial charge in [-0.25, -0.2) is 0 Å². The van der Waals surface area contributed by atoms with Crippen molar-refractivity contribution in [3.8, 4) is 0 Å². The number of amides is 1. The van der Waals surface area contributed by atoms with Gasteiger partial charge in [-0.05, 0) is 51.7 Å². The minimum absolute atomic E-state index is 0.0902. The predicted octanol–water partition coefficient (Wildman–Crippen LogP) is 1.98. The summed E-state index contributed by atoms with van der Waals surface area (Å²) in [5, 5.41) is 0. The fourth-order valence-electron chi connectivity index (χ4n) is 2.92. The van der Waals surface area contributed by atoms with Crippen LogP contribution in [0.15, 0.2) is 0 Å². The molecule has 0 bridgehead atoms. The van der Waals surface area contributed by atoms with Crippen molar-refractivity contribution in [2.24, 2.45) is 11.3 Å². The molecule has 0 N–H and O–H groups in total. The van der Waals surface area contributed by atoms with Crippen LogP contribution in [-0.4, -0.2) is 48.9 Å². The Hall–Kier alpha value is -0.570. The van der Waals surface area contributed by atoms with E-state index in [1.165, 1.54) is 12.8 Å². The smallest absolute Gasteiger partial charge is 0.228 e. The molecule has 0 aliphatic carbocycles. The van der Waals surface area contributed by atoms with Crippen molar-refractivity contribution in [3.05, 3.63) is 0 Å². The average Bonchev–Trinajstić information content (AvgIpc) is 2.33. The van der Waals surface area contributed by atoms with Crippen LogP contribution in [0.3, 0.4) is 0 Å². The van der Waals surface area contributed by atoms with Gasteiger partial charge in [0.15, 0.2) is 0 Å². The number of nitrogens with zero attached hydrogens (tertiary/aromatic N) is 2. The normalized spacial score (nSPS) is 27.1. The van der Waals surface area contributed by atoms with Gasteiger partial charge in [-0.1, -0.05) is 13.8 Å². The van der Waals surface area contributed by atoms with E-state index in [0.717, 1.165) is 44.9 Å². The van der Waals surface area contributed by atoms with Gasteiger partial charge in [0.2, 0.25) is 5.91 Å². The van der Waals surface area contributed by atoms with Crippen LogP contribution in [0.5, 0.6) is 0 Å². The molecule has 0 aromatic heterocycles. The second-order valence-electron chi connectivity index (χ2n) is 6.34. The molecular formula is C14H26N2O. The highest BCUT2D eigenvalue weighted by molar-refractivity contribution is 5.82. The van der Waals surface area contributed by atoms with Crippen LogP contribution in [-0.2, 0) is 4.79 Å². The maximum absolute atomic E-state index is 12.6. The molecule has 2 rings (SSSR count). The van der Waals surface area contributed by atoms with Crippen molar-refractivity contribution in [1.29, 1.82) is 0 Å². The Morgan fingerprint density at radius 1 is 1.12 bits per heavy atom. The molecule has 0 spiro atoms. The summed E-state index contributed by atoms with van der Waals surface area (Å²) in [5.74, 6) is 1.21. The van der Waals surface area contributed by atoms with Gasteiger partial charge in [-0.2, -0.15) is 0 Å². The first-order valence-corrected chi connectivity index (χ1v) is 6.99. The van der Waals surface area contributed by atoms with E-state index in [9.17, 15) is 4.79 Å². The van der Waals surface area contributed by atoms with Crippen molar-refractivity contribution < 1.29 is 4.79 Å². The Balaban J connectivity index is 1.94. The summed E-state index contributed by atoms with van der Waals surface area (Å²) in [6.45, 7) is 8.54. The van der Waals surface area contributed by atoms with Crippen LogP contribution >= 0.6 is 0 Å². The molecule has 2 heterocycles. The summed E-state index contributed by atoms with van der Waals surface area (Å²) in [6.07, 6.45) is 4.41. The van der Waals surface area contributed by atoms with Gasteiger partial charge in [-0.15, -0.1) is 0 Å². The third-order valence-corrected chi connectivity index (χ3v) is 4.68. The van der Waals surface area contributed by atoms with Crippen molar-refractivity contribution in [1.82, 2.24) is 9.80 Å². The maximum Gasteiger partial charge on any atom is 0.228 e. The molecular weight excluding hydrogens is 212 g/mol. The lowest BCUT2D eigenvalue weighted by Crippen LogP contribution is -2.50. The van der Waals surface area contributed by atoms with Crippen molar-refractivity contribution >= 4 is 5.91 Å². The van der Waals surface area contributed by atoms with Crippen molar-refractivity contribution in [2.45, 2.75) is 39.5 Å². The fourth-order valence-corrected chi connectivity index (χ4v) is 2.92. The Kier molecular flexibility index (Phi) is 3.76. The number of likely N-dealkylation sites (tertiary alicyclic amines) is 2. The minimum Gasteiger partial charge on any atom is -0.342 e. The van der Waals surface area contributed by atoms with Gasteiger partial charge in [0.25, 0.3) is 0 Å². The van der Waals surface area contributed by atoms with Crippen LogP contribution in [0, 0.1) is 11.3 Å². The molecule has 98 valence electrons. The van der Waals surface area contributed by atoms with Gasteiger partial charge in [0.05, 0.1) is 0 Å². The van der Waals surface area contributed by atoms with E-state index >= 15 is 0 Å². The quantitative estimate of drug-likeness (QED) is 0.697. The van der Waals surface area contributed by atoms with Gasteiger partial charge >= 0.3 is 0 Å². The predicted molar refractivity (Wildman–Crippen MR) is 69.8 cm³/mol. The molecule has 1 amide bonds. The molecule has 0 aromatic rings. The molecule has 0 unspecified atom stereocenters. The zero-order chi connectivity index (χ0) is 12.5. The standard InChI is InChI=1S/C14H26N2O/c1-12-4-8-16(9-5-12)13(17)14(2)6-10-15(3)11-7-14/h12H,4-11H2,1-3H3. The lowest BCUT2D eigenvalue weighted by molar-refractivity contribution is -0.145. The van der Waals surface area contributed by atoms with E-state index < -0.39 is 0 Å². The van der Waals surface area contributed by atoms with E-state index in [-0.39, 0.29) is 5.41 Å². The Morgan fingerprint density at radius 2 is 1.65 bits per heavy atom. The molecule has 3 heteroatoms. The highest BCUT2D eigenvalue weighted by Crippen LogP contribution is 2.33. The van der Waals surface area contributed by atoms with Crippen LogP contribution in [0.2, 0.25) is 0 Å². The van der Waals surface area contributed by atoms with Crippen LogP contribution in [0.4, 0.5) is 0 Å². The second kappa shape index (κ2) is 4.97. The number of carbonyl (C=O) groups excluding carboxylic acids is 1. The summed E-state index contributed by atoms with van der Waals surface area (Å²) in [6, 6.07) is 0. The minimum atomic E-state index is -0.0902. The van der Waals surface area contributed by atoms with E-state index in [1.54, 1.807) is 0 Å². The summed E-state index contributed by atoms with van der Waals surface area (Å²) in [4.78, 5) is 17.0. The number of piperidine rings is 2. The maximum atomic E-state index is 12.6. The summed E-state index contributed by atoms with van der Waals surface area (Å²) < 4.78 is 0. The molecule has 0 atom stereocenters. The van der Waals surface area contributed by atoms with Gasteiger partial charge in [0, 0.05) is 18.5 Å². The van der Waals surface area contributed by atoms with Crippen LogP contribution < -0.4 is 0 Å². The number of rotatable bonds is 1. The summed E-state index contributed by atoms with van der Waals surface area (Å²) >= 11 is 0. The van der Waals surface area contributed by atoms with Crippen molar-refractivity contribution in [3.63, 3.8) is 0 Å². The molecule has 2 aliphatic rings. The largest absolute Gasteiger partial charge is 0.342 e. The fraction of sp³-hybridized carbons (Fsp3) is 0.929. The van der Waals surface area contributed by atoms with Crippen LogP contribution in [0.1, 0.15) is 39.5 Å². The lowest BCUT2D eigenvalue weighted by atomic mass is 9.78. The van der Waals surface area contributed by atoms with Gasteiger partial charge in [-0.3, -0.25) is 4.79 Å². The molecule has 2 fully saturated rings. The second-order valence-corrected chi connectivity index (χ2v) is 6.34. The molecule has 17 heavy (non-hydrogen) atoms. The number of hydrogen-bond acceptors (Lipinski definition) is 2. The Labute approximate surface area is 105 Å². The van der Waals surface area contributed by atoms with Gasteiger partial charge in [0.1, 0.15) is 0 Å². The zero-order valence-electron chi connectivity index (χ0n) is 11.5. The SMILES string of the molecule is CC1CCN(C(=O)C2(C)CCN(C)CC2)CC1. The first kappa shape index (κ1) is 12.9. The molecule has 0 saturated carbocycles. The molecule has 2 aliphatic heterocycles. The summed E-state index contributed by atoms with van der Waals surface area (Å²) in [7, 11) is 2.15. The molecule has 2 saturated heterocycles. The van der Waals surface area contributed by atoms with E-state index in [1.807, 2.05) is 0 Å². The summed E-state index contributed by atoms with van der Waals surface area (Å²) in [5.41, 5.74) is -0.0902. The zero-order valence-corrected chi connectivity index (χ0v) is 11.5. The molecule has 0 radical (unpaired) electrons. The number of carbonyl (C=O) groups is 1. The topological polar surface area (TPSA) is 23.6 Å². The molecule has 3 nitrogen and oxygen atoms in total. The monoisotopic (exact) mass is 238 g/mol. The first-order valence-electron chi connectivity index (χ1n) is 6.99. The number of hydrogen-bond donors (Lipinski definition) is 0. The average molecular weight is 238 g/mol. The first-order chi connectivity index (χ1) is 8.01. The molecule has 0 aromatic carbocycles. The highest BCUT2D eigenvalue weighted by Gasteiger charge is 2.39. The highest BCUT2D eigenvalue weighted by atomic mass is 16.2. The van der Waals surface area contributed by atoms with E-state index in [0.29, 0.717) is 5.91 Å².